The number of carbonyl (C=O) groups is 2. The number of hydrogen-bond donors (Lipinski definition) is 3. The van der Waals surface area contributed by atoms with Crippen LogP contribution >= 0.6 is 0 Å². The van der Waals surface area contributed by atoms with E-state index in [9.17, 15) is 19.8 Å². The summed E-state index contributed by atoms with van der Waals surface area (Å²) in [5.74, 6) is -0.0401. The number of aliphatic hydroxyl groups is 2. The van der Waals surface area contributed by atoms with Gasteiger partial charge in [-0.05, 0) is 57.8 Å². The van der Waals surface area contributed by atoms with E-state index in [1.54, 1.807) is 6.08 Å². The van der Waals surface area contributed by atoms with Crippen LogP contribution in [0.4, 0.5) is 0 Å². The standard InChI is InChI=1S/C78H151NO5/c1-3-5-7-9-11-13-15-16-17-18-43-46-49-52-56-60-64-68-72-78(83)84-73-69-65-61-57-53-50-47-44-41-39-37-35-33-31-29-27-25-23-21-19-20-22-24-26-28-30-32-34-36-38-40-42-45-48-51-55-59-63-67-71-77(82)79-75(74-80)76(81)70-66-62-58-54-14-12-10-8-6-4-2/h17-18,66,70,75-76,80-81H,3-16,19-65,67-69,71-74H2,1-2H3,(H,79,82)/b18-17-,70-66+. The molecule has 0 aliphatic heterocycles. The Bertz CT molecular complexity index is 1320. The molecule has 0 aliphatic rings. The van der Waals surface area contributed by atoms with E-state index in [0.717, 1.165) is 38.5 Å². The van der Waals surface area contributed by atoms with Crippen molar-refractivity contribution in [1.82, 2.24) is 5.32 Å². The van der Waals surface area contributed by atoms with E-state index in [-0.39, 0.29) is 18.5 Å². The first-order valence-electron chi connectivity index (χ1n) is 38.6. The number of ether oxygens (including phenoxy) is 1. The van der Waals surface area contributed by atoms with Gasteiger partial charge in [-0.2, -0.15) is 0 Å². The molecular formula is C78H151NO5. The molecule has 498 valence electrons. The molecule has 0 radical (unpaired) electrons. The zero-order valence-electron chi connectivity index (χ0n) is 57.2. The van der Waals surface area contributed by atoms with Gasteiger partial charge in [-0.1, -0.05) is 391 Å². The van der Waals surface area contributed by atoms with Gasteiger partial charge in [0.25, 0.3) is 0 Å². The smallest absolute Gasteiger partial charge is 0.305 e. The molecule has 2 unspecified atom stereocenters. The van der Waals surface area contributed by atoms with Crippen molar-refractivity contribution in [2.24, 2.45) is 0 Å². The molecule has 0 aromatic rings. The van der Waals surface area contributed by atoms with Crippen LogP contribution in [0.15, 0.2) is 24.3 Å². The Morgan fingerprint density at radius 1 is 0.321 bits per heavy atom. The summed E-state index contributed by atoms with van der Waals surface area (Å²) in [5, 5.41) is 23.0. The third-order valence-corrected chi connectivity index (χ3v) is 18.2. The Labute approximate surface area is 526 Å². The Hall–Kier alpha value is -1.66. The van der Waals surface area contributed by atoms with Crippen LogP contribution in [-0.2, 0) is 14.3 Å². The first-order chi connectivity index (χ1) is 41.5. The second-order valence-electron chi connectivity index (χ2n) is 26.7. The van der Waals surface area contributed by atoms with Crippen LogP contribution in [0.5, 0.6) is 0 Å². The fourth-order valence-corrected chi connectivity index (χ4v) is 12.3. The van der Waals surface area contributed by atoms with Crippen molar-refractivity contribution in [2.45, 2.75) is 450 Å². The highest BCUT2D eigenvalue weighted by molar-refractivity contribution is 5.76. The molecule has 0 bridgehead atoms. The summed E-state index contributed by atoms with van der Waals surface area (Å²) >= 11 is 0. The average molecular weight is 1180 g/mol. The largest absolute Gasteiger partial charge is 0.466 e. The number of carbonyl (C=O) groups excluding carboxylic acids is 2. The van der Waals surface area contributed by atoms with Crippen molar-refractivity contribution >= 4 is 11.9 Å². The lowest BCUT2D eigenvalue weighted by Gasteiger charge is -2.20. The molecule has 0 aromatic carbocycles. The van der Waals surface area contributed by atoms with Crippen LogP contribution in [-0.4, -0.2) is 47.4 Å². The van der Waals surface area contributed by atoms with Crippen molar-refractivity contribution in [3.8, 4) is 0 Å². The quantitative estimate of drug-likeness (QED) is 0.0320. The van der Waals surface area contributed by atoms with E-state index in [2.05, 4.69) is 31.3 Å². The fraction of sp³-hybridized carbons (Fsp3) is 0.923. The molecule has 2 atom stereocenters. The van der Waals surface area contributed by atoms with E-state index >= 15 is 0 Å². The normalized spacial score (nSPS) is 12.6. The van der Waals surface area contributed by atoms with E-state index in [1.165, 1.54) is 372 Å². The summed E-state index contributed by atoms with van der Waals surface area (Å²) in [5.41, 5.74) is 0. The summed E-state index contributed by atoms with van der Waals surface area (Å²) in [6, 6.07) is -0.621. The number of rotatable bonds is 73. The number of amides is 1. The minimum atomic E-state index is -0.838. The van der Waals surface area contributed by atoms with E-state index in [0.29, 0.717) is 19.4 Å². The van der Waals surface area contributed by atoms with E-state index < -0.39 is 12.1 Å². The lowest BCUT2D eigenvalue weighted by Crippen LogP contribution is -2.45. The van der Waals surface area contributed by atoms with Crippen molar-refractivity contribution in [2.75, 3.05) is 13.2 Å². The maximum Gasteiger partial charge on any atom is 0.305 e. The Morgan fingerprint density at radius 3 is 0.845 bits per heavy atom. The summed E-state index contributed by atoms with van der Waals surface area (Å²) < 4.78 is 5.51. The highest BCUT2D eigenvalue weighted by Gasteiger charge is 2.18. The molecule has 84 heavy (non-hydrogen) atoms. The van der Waals surface area contributed by atoms with Crippen LogP contribution in [0, 0.1) is 0 Å². The first-order valence-corrected chi connectivity index (χ1v) is 38.6. The van der Waals surface area contributed by atoms with Gasteiger partial charge < -0.3 is 20.3 Å². The van der Waals surface area contributed by atoms with Crippen LogP contribution < -0.4 is 5.32 Å². The van der Waals surface area contributed by atoms with E-state index in [4.69, 9.17) is 4.74 Å². The van der Waals surface area contributed by atoms with Crippen LogP contribution in [0.3, 0.4) is 0 Å². The maximum absolute atomic E-state index is 12.4. The maximum atomic E-state index is 12.4. The number of esters is 1. The zero-order valence-corrected chi connectivity index (χ0v) is 57.2. The molecule has 0 heterocycles. The zero-order chi connectivity index (χ0) is 60.6. The third-order valence-electron chi connectivity index (χ3n) is 18.2. The first kappa shape index (κ1) is 82.3. The molecule has 0 saturated carbocycles. The monoisotopic (exact) mass is 1180 g/mol. The van der Waals surface area contributed by atoms with Crippen molar-refractivity contribution in [3.63, 3.8) is 0 Å². The third kappa shape index (κ3) is 69.4. The van der Waals surface area contributed by atoms with Gasteiger partial charge in [-0.15, -0.1) is 0 Å². The second-order valence-corrected chi connectivity index (χ2v) is 26.7. The van der Waals surface area contributed by atoms with Gasteiger partial charge in [0.2, 0.25) is 5.91 Å². The lowest BCUT2D eigenvalue weighted by atomic mass is 10.0. The Balaban J connectivity index is 3.26. The molecule has 0 spiro atoms. The summed E-state index contributed by atoms with van der Waals surface area (Å²) in [4.78, 5) is 24.5. The molecule has 0 aromatic heterocycles. The van der Waals surface area contributed by atoms with Crippen LogP contribution in [0.25, 0.3) is 0 Å². The molecular weight excluding hydrogens is 1030 g/mol. The predicted molar refractivity (Wildman–Crippen MR) is 370 cm³/mol. The SMILES string of the molecule is CCCCCCCCC/C=C\CCCCCCCCCC(=O)OCCCCCCCCCCCCCCCCCCCCCCCCCCCCCCCCCCCCCCCCCC(=O)NC(CO)C(O)/C=C/CCCCCCCCCC. The fourth-order valence-electron chi connectivity index (χ4n) is 12.3. The number of hydrogen-bond acceptors (Lipinski definition) is 5. The van der Waals surface area contributed by atoms with Crippen molar-refractivity contribution in [3.05, 3.63) is 24.3 Å². The van der Waals surface area contributed by atoms with Gasteiger partial charge in [0.15, 0.2) is 0 Å². The minimum absolute atomic E-state index is 0.0217. The summed E-state index contributed by atoms with van der Waals surface area (Å²) in [6.45, 7) is 4.92. The van der Waals surface area contributed by atoms with Gasteiger partial charge in [0.1, 0.15) is 0 Å². The van der Waals surface area contributed by atoms with Gasteiger partial charge in [0.05, 0.1) is 25.4 Å². The highest BCUT2D eigenvalue weighted by Crippen LogP contribution is 2.20. The average Bonchev–Trinajstić information content (AvgIpc) is 3.51. The second kappa shape index (κ2) is 73.8. The topological polar surface area (TPSA) is 95.9 Å². The molecule has 1 amide bonds. The molecule has 0 saturated heterocycles. The summed E-state index contributed by atoms with van der Waals surface area (Å²) in [6.07, 6.45) is 94.6. The number of allylic oxidation sites excluding steroid dienone is 3. The molecule has 6 nitrogen and oxygen atoms in total. The minimum Gasteiger partial charge on any atom is -0.466 e. The van der Waals surface area contributed by atoms with E-state index in [1.807, 2.05) is 6.08 Å². The molecule has 6 heteroatoms. The van der Waals surface area contributed by atoms with Gasteiger partial charge >= 0.3 is 5.97 Å². The highest BCUT2D eigenvalue weighted by atomic mass is 16.5. The molecule has 0 fully saturated rings. The predicted octanol–water partition coefficient (Wildman–Crippen LogP) is 25.3. The number of nitrogens with one attached hydrogen (secondary N) is 1. The Morgan fingerprint density at radius 2 is 0.560 bits per heavy atom. The molecule has 3 N–H and O–H groups in total. The van der Waals surface area contributed by atoms with Crippen molar-refractivity contribution < 1.29 is 24.5 Å². The lowest BCUT2D eigenvalue weighted by molar-refractivity contribution is -0.143. The number of aliphatic hydroxyl groups excluding tert-OH is 2. The van der Waals surface area contributed by atoms with Gasteiger partial charge in [-0.25, -0.2) is 0 Å². The Kier molecular flexibility index (Phi) is 72.3. The van der Waals surface area contributed by atoms with Crippen LogP contribution in [0.2, 0.25) is 0 Å². The summed E-state index contributed by atoms with van der Waals surface area (Å²) in [7, 11) is 0. The number of unbranched alkanes of at least 4 members (excludes halogenated alkanes) is 60. The molecule has 0 aliphatic carbocycles. The molecule has 0 rings (SSSR count). The van der Waals surface area contributed by atoms with Crippen molar-refractivity contribution in [1.29, 1.82) is 0 Å². The van der Waals surface area contributed by atoms with Gasteiger partial charge in [0, 0.05) is 12.8 Å². The van der Waals surface area contributed by atoms with Gasteiger partial charge in [-0.3, -0.25) is 9.59 Å². The van der Waals surface area contributed by atoms with Crippen LogP contribution in [0.1, 0.15) is 438 Å².